The second kappa shape index (κ2) is 23.2. The van der Waals surface area contributed by atoms with Crippen LogP contribution in [0.4, 0.5) is 17.1 Å². The Morgan fingerprint density at radius 2 is 0.940 bits per heavy atom. The number of hydrogen-bond donors (Lipinski definition) is 2. The lowest BCUT2D eigenvalue weighted by Crippen LogP contribution is -2.36. The van der Waals surface area contributed by atoms with Crippen LogP contribution in [0.15, 0.2) is 175 Å². The second-order valence-electron chi connectivity index (χ2n) is 14.5. The van der Waals surface area contributed by atoms with Crippen molar-refractivity contribution in [2.75, 3.05) is 79.5 Å². The molecule has 348 valence electrons. The predicted molar refractivity (Wildman–Crippen MR) is 258 cm³/mol. The number of anilines is 3. The van der Waals surface area contributed by atoms with Gasteiger partial charge in [-0.15, -0.1) is 0 Å². The van der Waals surface area contributed by atoms with Crippen LogP contribution in [0.2, 0.25) is 0 Å². The van der Waals surface area contributed by atoms with E-state index in [0.29, 0.717) is 85.7 Å². The van der Waals surface area contributed by atoms with E-state index in [4.69, 9.17) is 30.5 Å². The number of nitrogens with two attached hydrogens (primary N) is 1. The van der Waals surface area contributed by atoms with Crippen molar-refractivity contribution in [1.82, 2.24) is 0 Å². The van der Waals surface area contributed by atoms with Crippen LogP contribution < -0.4 is 35.1 Å². The van der Waals surface area contributed by atoms with Crippen LogP contribution in [0.3, 0.4) is 0 Å². The number of benzene rings is 6. The Morgan fingerprint density at radius 1 is 0.537 bits per heavy atom. The van der Waals surface area contributed by atoms with E-state index < -0.39 is 29.5 Å². The fraction of sp³-hybridized carbons (Fsp3) is 0.208. The van der Waals surface area contributed by atoms with Crippen LogP contribution in [-0.2, 0) is 29.5 Å². The van der Waals surface area contributed by atoms with Crippen LogP contribution in [0.25, 0.3) is 0 Å². The van der Waals surface area contributed by atoms with E-state index in [0.717, 1.165) is 11.4 Å². The van der Waals surface area contributed by atoms with Crippen molar-refractivity contribution in [3.8, 4) is 29.4 Å². The van der Waals surface area contributed by atoms with Crippen molar-refractivity contribution >= 4 is 62.5 Å². The minimum atomic E-state index is -3.58. The smallest absolute Gasteiger partial charge is 0.206 e. The van der Waals surface area contributed by atoms with Crippen molar-refractivity contribution in [1.29, 1.82) is 10.5 Å². The third-order valence-electron chi connectivity index (χ3n) is 10.2. The van der Waals surface area contributed by atoms with Crippen LogP contribution in [-0.4, -0.2) is 89.7 Å². The van der Waals surface area contributed by atoms with Gasteiger partial charge in [0.2, 0.25) is 29.5 Å². The molecule has 6 aromatic carbocycles. The van der Waals surface area contributed by atoms with Gasteiger partial charge in [-0.05, 0) is 91.0 Å². The molecule has 6 aromatic rings. The third kappa shape index (κ3) is 12.2. The van der Waals surface area contributed by atoms with Crippen molar-refractivity contribution in [2.24, 2.45) is 5.73 Å². The van der Waals surface area contributed by atoms with E-state index in [1.807, 2.05) is 11.0 Å². The average molecular weight is 1030 g/mol. The first-order valence-electron chi connectivity index (χ1n) is 20.8. The molecule has 3 heterocycles. The Balaban J connectivity index is 0.000000160. The maximum Gasteiger partial charge on any atom is 0.206 e. The molecule has 0 fully saturated rings. The average Bonchev–Trinajstić information content (AvgIpc) is 3.37. The maximum atomic E-state index is 12.7. The Bertz CT molecular complexity index is 3050. The van der Waals surface area contributed by atoms with Gasteiger partial charge in [0.05, 0.1) is 77.0 Å². The van der Waals surface area contributed by atoms with Gasteiger partial charge in [-0.1, -0.05) is 70.5 Å². The summed E-state index contributed by atoms with van der Waals surface area (Å²) in [5, 5.41) is 20.1. The highest BCUT2D eigenvalue weighted by molar-refractivity contribution is 9.09. The topological polar surface area (TPSA) is 222 Å². The van der Waals surface area contributed by atoms with Gasteiger partial charge in [0.15, 0.2) is 0 Å². The summed E-state index contributed by atoms with van der Waals surface area (Å²) in [5.41, 5.74) is 7.79. The van der Waals surface area contributed by atoms with Gasteiger partial charge < -0.3 is 35.1 Å². The van der Waals surface area contributed by atoms with E-state index >= 15 is 0 Å². The van der Waals surface area contributed by atoms with E-state index in [1.165, 1.54) is 6.07 Å². The molecule has 9 rings (SSSR count). The van der Waals surface area contributed by atoms with Crippen molar-refractivity contribution in [2.45, 2.75) is 29.4 Å². The molecule has 0 atom stereocenters. The quantitative estimate of drug-likeness (QED) is 0.108. The first-order valence-corrected chi connectivity index (χ1v) is 26.4. The number of sulfone groups is 3. The number of ether oxygens (including phenoxy) is 3. The summed E-state index contributed by atoms with van der Waals surface area (Å²) in [5.74, 6) is 2.00. The summed E-state index contributed by atoms with van der Waals surface area (Å²) in [4.78, 5) is 5.46. The summed E-state index contributed by atoms with van der Waals surface area (Å²) in [7, 11) is -10.6. The van der Waals surface area contributed by atoms with Gasteiger partial charge in [0.25, 0.3) is 0 Å². The molecule has 0 bridgehead atoms. The molecule has 3 aliphatic heterocycles. The van der Waals surface area contributed by atoms with Crippen LogP contribution in [0.5, 0.6) is 17.2 Å². The molecular formula is C48H47BrN6O9S3. The minimum absolute atomic E-state index is 0.200. The van der Waals surface area contributed by atoms with E-state index in [-0.39, 0.29) is 31.0 Å². The Hall–Kier alpha value is -6.61. The third-order valence-corrected chi connectivity index (χ3v) is 15.8. The molecule has 0 unspecified atom stereocenters. The SMILES string of the molecule is N#CCBr.N#CCN1CCOc2ccc(S(=O)(=O)c3ccccc3)cc21.NCCN1CCOc2ccc(S(=O)(=O)c3ccccc3)cc21.O=S(=O)(c1ccccc1)c1ccc2c(c1)NCCO2. The van der Waals surface area contributed by atoms with Gasteiger partial charge in [-0.2, -0.15) is 10.5 Å². The monoisotopic (exact) mass is 1030 g/mol. The molecule has 0 radical (unpaired) electrons. The van der Waals surface area contributed by atoms with Gasteiger partial charge in [-0.25, -0.2) is 25.3 Å². The first kappa shape index (κ1) is 49.8. The molecule has 0 amide bonds. The van der Waals surface area contributed by atoms with Gasteiger partial charge in [-0.3, -0.25) is 0 Å². The predicted octanol–water partition coefficient (Wildman–Crippen LogP) is 7.15. The minimum Gasteiger partial charge on any atom is -0.490 e. The van der Waals surface area contributed by atoms with Crippen LogP contribution in [0.1, 0.15) is 0 Å². The van der Waals surface area contributed by atoms with E-state index in [1.54, 1.807) is 140 Å². The molecule has 0 saturated carbocycles. The molecule has 67 heavy (non-hydrogen) atoms. The number of fused-ring (bicyclic) bond motifs is 3. The Labute approximate surface area is 399 Å². The maximum absolute atomic E-state index is 12.7. The lowest BCUT2D eigenvalue weighted by molar-refractivity contribution is 0.307. The van der Waals surface area contributed by atoms with Gasteiger partial charge >= 0.3 is 0 Å². The van der Waals surface area contributed by atoms with Crippen LogP contribution >= 0.6 is 15.9 Å². The van der Waals surface area contributed by atoms with Crippen LogP contribution in [0, 0.1) is 22.7 Å². The summed E-state index contributed by atoms with van der Waals surface area (Å²) in [6.45, 7) is 5.00. The summed E-state index contributed by atoms with van der Waals surface area (Å²) >= 11 is 2.89. The van der Waals surface area contributed by atoms with Crippen molar-refractivity contribution < 1.29 is 39.5 Å². The normalized spacial score (nSPS) is 13.6. The molecule has 0 spiro atoms. The number of rotatable bonds is 9. The number of nitrogens with one attached hydrogen (secondary N) is 1. The second-order valence-corrected chi connectivity index (χ2v) is 20.9. The summed E-state index contributed by atoms with van der Waals surface area (Å²) in [6.07, 6.45) is 0. The van der Waals surface area contributed by atoms with Gasteiger partial charge in [0, 0.05) is 19.6 Å². The molecule has 3 aliphatic rings. The lowest BCUT2D eigenvalue weighted by Gasteiger charge is -2.31. The fourth-order valence-corrected chi connectivity index (χ4v) is 10.9. The fourth-order valence-electron chi connectivity index (χ4n) is 6.97. The number of nitriles is 2. The van der Waals surface area contributed by atoms with Gasteiger partial charge in [0.1, 0.15) is 43.6 Å². The summed E-state index contributed by atoms with van der Waals surface area (Å²) in [6, 6.07) is 43.7. The zero-order chi connectivity index (χ0) is 47.9. The first-order chi connectivity index (χ1) is 32.3. The molecule has 15 nitrogen and oxygen atoms in total. The molecule has 0 aliphatic carbocycles. The number of alkyl halides is 1. The van der Waals surface area contributed by atoms with E-state index in [9.17, 15) is 25.3 Å². The van der Waals surface area contributed by atoms with E-state index in [2.05, 4.69) is 32.2 Å². The zero-order valence-electron chi connectivity index (χ0n) is 36.1. The molecule has 3 N–H and O–H groups in total. The molecule has 0 aromatic heterocycles. The highest BCUT2D eigenvalue weighted by Crippen LogP contribution is 2.37. The molecule has 19 heteroatoms. The molecular weight excluding hydrogens is 981 g/mol. The Morgan fingerprint density at radius 3 is 1.37 bits per heavy atom. The largest absolute Gasteiger partial charge is 0.490 e. The number of hydrogen-bond acceptors (Lipinski definition) is 15. The number of halogens is 1. The Kier molecular flexibility index (Phi) is 17.3. The van der Waals surface area contributed by atoms with Crippen molar-refractivity contribution in [3.05, 3.63) is 146 Å². The zero-order valence-corrected chi connectivity index (χ0v) is 40.1. The summed E-state index contributed by atoms with van der Waals surface area (Å²) < 4.78 is 92.2. The highest BCUT2D eigenvalue weighted by Gasteiger charge is 2.26. The highest BCUT2D eigenvalue weighted by atomic mass is 79.9. The number of nitrogens with zero attached hydrogens (tertiary/aromatic N) is 4. The van der Waals surface area contributed by atoms with Crippen molar-refractivity contribution in [3.63, 3.8) is 0 Å². The lowest BCUT2D eigenvalue weighted by atomic mass is 10.2. The molecule has 0 saturated heterocycles. The standard InChI is InChI=1S/C16H18N2O3S.C16H14N2O3S.C14H13NO3S.C2H2BrN/c2*17-8-9-18-10-11-21-16-7-6-14(12-15(16)18)22(19,20)13-4-2-1-3-5-13;16-19(17,11-4-2-1-3-5-11)12-6-7-14-13(10-12)15-8-9-18-14;3-1-2-4/h1-7,12H,8-11,17H2;1-7,12H,9-11H2;1-7,10,15H,8-9H2;1H2.